The Bertz CT molecular complexity index is 2790. The van der Waals surface area contributed by atoms with Crippen LogP contribution in [0.15, 0.2) is 168 Å². The molecule has 0 aliphatic carbocycles. The standard InChI is InChI=1S/C44H27NOS/c1-3-14-28(15-4-1)40-36(26-27-38-42(40)41-33-21-9-7-18-30(33)31-19-8-10-22-34(31)43(41)46-38)45(29-16-5-2-6-17-29)37-24-13-23-35-32-20-11-12-25-39(32)47-44(35)37/h1-27H. The summed E-state index contributed by atoms with van der Waals surface area (Å²) in [6.07, 6.45) is 0. The first-order valence-corrected chi connectivity index (χ1v) is 16.8. The lowest BCUT2D eigenvalue weighted by Crippen LogP contribution is -2.11. The van der Waals surface area contributed by atoms with Crippen LogP contribution in [-0.2, 0) is 0 Å². The van der Waals surface area contributed by atoms with Crippen LogP contribution in [0.25, 0.3) is 74.8 Å². The summed E-state index contributed by atoms with van der Waals surface area (Å²) in [4.78, 5) is 2.45. The SMILES string of the molecule is c1ccc(-c2c(N(c3ccccc3)c3cccc4c3sc3ccccc34)ccc3oc4c5ccccc5c5ccccc5c4c23)cc1. The first-order valence-electron chi connectivity index (χ1n) is 15.9. The summed E-state index contributed by atoms with van der Waals surface area (Å²) in [6.45, 7) is 0. The van der Waals surface area contributed by atoms with Gasteiger partial charge in [0.1, 0.15) is 11.2 Å². The summed E-state index contributed by atoms with van der Waals surface area (Å²) >= 11 is 1.86. The Hall–Kier alpha value is -5.90. The predicted octanol–water partition coefficient (Wildman–Crippen LogP) is 13.4. The monoisotopic (exact) mass is 617 g/mol. The molecule has 0 atom stereocenters. The molecule has 2 heterocycles. The number of thiophene rings is 1. The number of fused-ring (bicyclic) bond motifs is 11. The minimum atomic E-state index is 0.886. The molecule has 0 aliphatic heterocycles. The van der Waals surface area contributed by atoms with Gasteiger partial charge in [0.25, 0.3) is 0 Å². The second-order valence-corrected chi connectivity index (χ2v) is 13.1. The van der Waals surface area contributed by atoms with Crippen LogP contribution in [0.2, 0.25) is 0 Å². The Morgan fingerprint density at radius 2 is 1.04 bits per heavy atom. The summed E-state index contributed by atoms with van der Waals surface area (Å²) in [6, 6.07) is 58.8. The maximum absolute atomic E-state index is 6.88. The fourth-order valence-electron chi connectivity index (χ4n) is 7.46. The minimum Gasteiger partial charge on any atom is -0.455 e. The van der Waals surface area contributed by atoms with Crippen LogP contribution < -0.4 is 4.90 Å². The fourth-order valence-corrected chi connectivity index (χ4v) is 8.66. The summed E-state index contributed by atoms with van der Waals surface area (Å²) in [7, 11) is 0. The smallest absolute Gasteiger partial charge is 0.143 e. The van der Waals surface area contributed by atoms with Gasteiger partial charge in [-0.3, -0.25) is 0 Å². The molecule has 0 saturated carbocycles. The van der Waals surface area contributed by atoms with Crippen LogP contribution in [0.5, 0.6) is 0 Å². The van der Waals surface area contributed by atoms with Crippen LogP contribution >= 0.6 is 11.3 Å². The molecule has 0 N–H and O–H groups in total. The lowest BCUT2D eigenvalue weighted by molar-refractivity contribution is 0.673. The fraction of sp³-hybridized carbons (Fsp3) is 0. The van der Waals surface area contributed by atoms with Crippen molar-refractivity contribution in [1.29, 1.82) is 0 Å². The van der Waals surface area contributed by atoms with Crippen molar-refractivity contribution in [2.45, 2.75) is 0 Å². The third-order valence-corrected chi connectivity index (χ3v) is 10.6. The number of rotatable bonds is 4. The maximum atomic E-state index is 6.88. The molecule has 0 spiro atoms. The summed E-state index contributed by atoms with van der Waals surface area (Å²) in [5.74, 6) is 0. The first-order chi connectivity index (χ1) is 23.3. The van der Waals surface area contributed by atoms with Gasteiger partial charge in [-0.1, -0.05) is 127 Å². The van der Waals surface area contributed by atoms with Crippen LogP contribution in [-0.4, -0.2) is 0 Å². The van der Waals surface area contributed by atoms with Gasteiger partial charge in [0, 0.05) is 42.9 Å². The van der Waals surface area contributed by atoms with Gasteiger partial charge < -0.3 is 9.32 Å². The van der Waals surface area contributed by atoms with Gasteiger partial charge in [0.05, 0.1) is 16.1 Å². The van der Waals surface area contributed by atoms with Gasteiger partial charge in [0.15, 0.2) is 0 Å². The molecule has 0 aliphatic rings. The molecule has 0 fully saturated rings. The van der Waals surface area contributed by atoms with Crippen molar-refractivity contribution in [3.63, 3.8) is 0 Å². The highest BCUT2D eigenvalue weighted by Gasteiger charge is 2.26. The molecule has 3 heteroatoms. The van der Waals surface area contributed by atoms with Gasteiger partial charge >= 0.3 is 0 Å². The molecule has 0 bridgehead atoms. The molecule has 10 aromatic rings. The molecule has 0 saturated heterocycles. The molecule has 8 aromatic carbocycles. The highest BCUT2D eigenvalue weighted by molar-refractivity contribution is 7.26. The Labute approximate surface area is 275 Å². The second kappa shape index (κ2) is 10.3. The van der Waals surface area contributed by atoms with Crippen molar-refractivity contribution in [1.82, 2.24) is 0 Å². The molecule has 0 amide bonds. The van der Waals surface area contributed by atoms with E-state index in [1.165, 1.54) is 36.3 Å². The molecule has 2 aromatic heterocycles. The van der Waals surface area contributed by atoms with Gasteiger partial charge in [-0.15, -0.1) is 11.3 Å². The van der Waals surface area contributed by atoms with E-state index in [0.29, 0.717) is 0 Å². The van der Waals surface area contributed by atoms with Crippen molar-refractivity contribution in [2.75, 3.05) is 4.90 Å². The largest absolute Gasteiger partial charge is 0.455 e. The van der Waals surface area contributed by atoms with E-state index in [-0.39, 0.29) is 0 Å². The number of hydrogen-bond donors (Lipinski definition) is 0. The molecule has 10 rings (SSSR count). The van der Waals surface area contributed by atoms with Gasteiger partial charge in [-0.05, 0) is 58.1 Å². The number of para-hydroxylation sites is 1. The highest BCUT2D eigenvalue weighted by atomic mass is 32.1. The maximum Gasteiger partial charge on any atom is 0.143 e. The van der Waals surface area contributed by atoms with E-state index >= 15 is 0 Å². The van der Waals surface area contributed by atoms with E-state index in [1.54, 1.807) is 0 Å². The minimum absolute atomic E-state index is 0.886. The van der Waals surface area contributed by atoms with Crippen molar-refractivity contribution in [3.05, 3.63) is 164 Å². The summed E-state index contributed by atoms with van der Waals surface area (Å²) < 4.78 is 9.44. The number of furan rings is 1. The summed E-state index contributed by atoms with van der Waals surface area (Å²) in [5.41, 5.74) is 7.51. The van der Waals surface area contributed by atoms with Crippen molar-refractivity contribution in [2.24, 2.45) is 0 Å². The quantitative estimate of drug-likeness (QED) is 0.183. The van der Waals surface area contributed by atoms with Crippen molar-refractivity contribution in [3.8, 4) is 11.1 Å². The third kappa shape index (κ3) is 3.90. The lowest BCUT2D eigenvalue weighted by Gasteiger charge is -2.28. The van der Waals surface area contributed by atoms with E-state index in [9.17, 15) is 0 Å². The summed E-state index contributed by atoms with van der Waals surface area (Å²) in [5, 5.41) is 9.63. The Balaban J connectivity index is 1.40. The van der Waals surface area contributed by atoms with Crippen molar-refractivity contribution < 1.29 is 4.42 Å². The Morgan fingerprint density at radius 3 is 1.83 bits per heavy atom. The number of benzene rings is 8. The molecule has 47 heavy (non-hydrogen) atoms. The van der Waals surface area contributed by atoms with Crippen LogP contribution in [0.4, 0.5) is 17.1 Å². The van der Waals surface area contributed by atoms with Gasteiger partial charge in [0.2, 0.25) is 0 Å². The van der Waals surface area contributed by atoms with E-state index in [1.807, 2.05) is 11.3 Å². The van der Waals surface area contributed by atoms with Crippen LogP contribution in [0, 0.1) is 0 Å². The van der Waals surface area contributed by atoms with E-state index < -0.39 is 0 Å². The van der Waals surface area contributed by atoms with Gasteiger partial charge in [-0.25, -0.2) is 0 Å². The van der Waals surface area contributed by atoms with Crippen LogP contribution in [0.3, 0.4) is 0 Å². The topological polar surface area (TPSA) is 16.4 Å². The highest BCUT2D eigenvalue weighted by Crippen LogP contribution is 2.51. The molecular formula is C44H27NOS. The Kier molecular flexibility index (Phi) is 5.78. The molecule has 2 nitrogen and oxygen atoms in total. The average molecular weight is 618 g/mol. The number of nitrogens with zero attached hydrogens (tertiary/aromatic N) is 1. The first kappa shape index (κ1) is 26.3. The average Bonchev–Trinajstić information content (AvgIpc) is 3.73. The van der Waals surface area contributed by atoms with E-state index in [4.69, 9.17) is 4.42 Å². The lowest BCUT2D eigenvalue weighted by atomic mass is 9.92. The van der Waals surface area contributed by atoms with Gasteiger partial charge in [-0.2, -0.15) is 0 Å². The zero-order valence-corrected chi connectivity index (χ0v) is 26.2. The zero-order chi connectivity index (χ0) is 30.9. The van der Waals surface area contributed by atoms with E-state index in [0.717, 1.165) is 55.5 Å². The number of anilines is 3. The normalized spacial score (nSPS) is 11.8. The molecule has 0 radical (unpaired) electrons. The van der Waals surface area contributed by atoms with Crippen LogP contribution in [0.1, 0.15) is 0 Å². The second-order valence-electron chi connectivity index (χ2n) is 12.0. The number of hydrogen-bond acceptors (Lipinski definition) is 3. The predicted molar refractivity (Wildman–Crippen MR) is 202 cm³/mol. The zero-order valence-electron chi connectivity index (χ0n) is 25.4. The molecule has 0 unspecified atom stereocenters. The van der Waals surface area contributed by atoms with E-state index in [2.05, 4.69) is 169 Å². The third-order valence-electron chi connectivity index (χ3n) is 9.43. The Morgan fingerprint density at radius 1 is 0.426 bits per heavy atom. The molecule has 220 valence electrons. The van der Waals surface area contributed by atoms with Crippen molar-refractivity contribution >= 4 is 92.1 Å². The molecular weight excluding hydrogens is 591 g/mol.